The predicted octanol–water partition coefficient (Wildman–Crippen LogP) is 3.23. The van der Waals surface area contributed by atoms with Crippen LogP contribution in [0.15, 0.2) is 34.8 Å². The number of thiazole rings is 1. The maximum Gasteiger partial charge on any atom is 0.289 e. The van der Waals surface area contributed by atoms with Gasteiger partial charge in [-0.25, -0.2) is 13.8 Å². The van der Waals surface area contributed by atoms with E-state index in [0.29, 0.717) is 27.8 Å². The predicted molar refractivity (Wildman–Crippen MR) is 80.9 cm³/mol. The maximum absolute atomic E-state index is 12.5. The number of rotatable bonds is 4. The SMILES string of the molecule is N#Cc1c[nH]c2c(NS(=O)(=O)c3csc(C(F)F)n3)cccc12. The van der Waals surface area contributed by atoms with E-state index in [9.17, 15) is 17.2 Å². The van der Waals surface area contributed by atoms with Crippen molar-refractivity contribution in [3.63, 3.8) is 0 Å². The fraction of sp³-hybridized carbons (Fsp3) is 0.0769. The second kappa shape index (κ2) is 5.60. The first kappa shape index (κ1) is 15.4. The molecule has 2 aromatic heterocycles. The standard InChI is InChI=1S/C13H8F2N4O2S2/c14-12(15)13-18-10(6-22-13)23(20,21)19-9-3-1-2-8-7(4-16)5-17-11(8)9/h1-3,5-6,12,17,19H. The van der Waals surface area contributed by atoms with Crippen LogP contribution in [0.25, 0.3) is 10.9 Å². The number of fused-ring (bicyclic) bond motifs is 1. The Balaban J connectivity index is 2.00. The number of hydrogen-bond donors (Lipinski definition) is 2. The van der Waals surface area contributed by atoms with E-state index in [0.717, 1.165) is 5.38 Å². The molecule has 3 aromatic rings. The molecule has 118 valence electrons. The van der Waals surface area contributed by atoms with Gasteiger partial charge in [0.25, 0.3) is 16.4 Å². The number of aromatic amines is 1. The highest BCUT2D eigenvalue weighted by Gasteiger charge is 2.22. The van der Waals surface area contributed by atoms with Crippen LogP contribution in [0, 0.1) is 11.3 Å². The molecule has 0 unspecified atom stereocenters. The molecule has 23 heavy (non-hydrogen) atoms. The van der Waals surface area contributed by atoms with Crippen LogP contribution in [0.2, 0.25) is 0 Å². The normalized spacial score (nSPS) is 11.7. The lowest BCUT2D eigenvalue weighted by atomic mass is 10.2. The van der Waals surface area contributed by atoms with Gasteiger partial charge in [0.05, 0.1) is 16.8 Å². The summed E-state index contributed by atoms with van der Waals surface area (Å²) in [7, 11) is -4.10. The van der Waals surface area contributed by atoms with Gasteiger partial charge in [-0.2, -0.15) is 13.7 Å². The van der Waals surface area contributed by atoms with E-state index in [1.807, 2.05) is 6.07 Å². The van der Waals surface area contributed by atoms with Crippen molar-refractivity contribution < 1.29 is 17.2 Å². The van der Waals surface area contributed by atoms with Gasteiger partial charge in [0.1, 0.15) is 6.07 Å². The highest BCUT2D eigenvalue weighted by molar-refractivity contribution is 7.92. The van der Waals surface area contributed by atoms with E-state index in [2.05, 4.69) is 14.7 Å². The second-order valence-corrected chi connectivity index (χ2v) is 6.99. The fourth-order valence-corrected chi connectivity index (χ4v) is 4.04. The molecule has 0 saturated heterocycles. The van der Waals surface area contributed by atoms with Crippen molar-refractivity contribution in [1.29, 1.82) is 5.26 Å². The Morgan fingerprint density at radius 2 is 2.17 bits per heavy atom. The summed E-state index contributed by atoms with van der Waals surface area (Å²) in [6.07, 6.45) is -1.37. The Bertz CT molecular complexity index is 1020. The van der Waals surface area contributed by atoms with Crippen LogP contribution >= 0.6 is 11.3 Å². The van der Waals surface area contributed by atoms with Gasteiger partial charge in [-0.15, -0.1) is 11.3 Å². The van der Waals surface area contributed by atoms with E-state index < -0.39 is 26.5 Å². The zero-order valence-corrected chi connectivity index (χ0v) is 12.9. The third-order valence-electron chi connectivity index (χ3n) is 3.04. The molecule has 2 N–H and O–H groups in total. The van der Waals surface area contributed by atoms with Crippen molar-refractivity contribution in [2.45, 2.75) is 11.5 Å². The molecule has 0 atom stereocenters. The van der Waals surface area contributed by atoms with Gasteiger partial charge in [0.15, 0.2) is 10.0 Å². The van der Waals surface area contributed by atoms with Crippen molar-refractivity contribution in [3.05, 3.63) is 40.3 Å². The van der Waals surface area contributed by atoms with Crippen LogP contribution in [0.5, 0.6) is 0 Å². The summed E-state index contributed by atoms with van der Waals surface area (Å²) < 4.78 is 51.9. The molecule has 0 amide bonds. The minimum Gasteiger partial charge on any atom is -0.358 e. The van der Waals surface area contributed by atoms with E-state index in [1.54, 1.807) is 12.1 Å². The number of benzene rings is 1. The topological polar surface area (TPSA) is 98.6 Å². The second-order valence-electron chi connectivity index (χ2n) is 4.47. The molecule has 0 saturated carbocycles. The molecule has 0 aliphatic rings. The molecule has 2 heterocycles. The first-order valence-corrected chi connectivity index (χ1v) is 8.55. The van der Waals surface area contributed by atoms with Crippen molar-refractivity contribution in [2.24, 2.45) is 0 Å². The van der Waals surface area contributed by atoms with Crippen LogP contribution in [0.1, 0.15) is 17.0 Å². The van der Waals surface area contributed by atoms with Crippen molar-refractivity contribution >= 4 is 38.0 Å². The Morgan fingerprint density at radius 1 is 1.39 bits per heavy atom. The molecule has 0 fully saturated rings. The molecule has 0 spiro atoms. The van der Waals surface area contributed by atoms with Gasteiger partial charge in [-0.3, -0.25) is 4.72 Å². The fourth-order valence-electron chi connectivity index (χ4n) is 2.02. The van der Waals surface area contributed by atoms with Crippen molar-refractivity contribution in [3.8, 4) is 6.07 Å². The average Bonchev–Trinajstić information content (AvgIpc) is 3.14. The van der Waals surface area contributed by atoms with Gasteiger partial charge in [0, 0.05) is 17.0 Å². The van der Waals surface area contributed by atoms with Gasteiger partial charge >= 0.3 is 0 Å². The van der Waals surface area contributed by atoms with Crippen molar-refractivity contribution in [1.82, 2.24) is 9.97 Å². The van der Waals surface area contributed by atoms with Crippen LogP contribution < -0.4 is 4.72 Å². The summed E-state index contributed by atoms with van der Waals surface area (Å²) in [5, 5.41) is 9.57. The molecule has 0 aliphatic heterocycles. The van der Waals surface area contributed by atoms with Gasteiger partial charge in [-0.1, -0.05) is 12.1 Å². The molecule has 0 radical (unpaired) electrons. The quantitative estimate of drug-likeness (QED) is 0.751. The zero-order valence-electron chi connectivity index (χ0n) is 11.2. The lowest BCUT2D eigenvalue weighted by Crippen LogP contribution is -2.13. The number of para-hydroxylation sites is 1. The Hall–Kier alpha value is -2.51. The summed E-state index contributed by atoms with van der Waals surface area (Å²) in [5.74, 6) is 0. The monoisotopic (exact) mass is 354 g/mol. The molecule has 6 nitrogen and oxygen atoms in total. The maximum atomic E-state index is 12.5. The summed E-state index contributed by atoms with van der Waals surface area (Å²) in [5.41, 5.74) is 1.00. The van der Waals surface area contributed by atoms with E-state index in [1.165, 1.54) is 12.3 Å². The van der Waals surface area contributed by atoms with Crippen molar-refractivity contribution in [2.75, 3.05) is 4.72 Å². The number of hydrogen-bond acceptors (Lipinski definition) is 5. The number of nitrogens with zero attached hydrogens (tertiary/aromatic N) is 2. The minimum atomic E-state index is -4.10. The lowest BCUT2D eigenvalue weighted by molar-refractivity contribution is 0.150. The van der Waals surface area contributed by atoms with Gasteiger partial charge in [0.2, 0.25) is 0 Å². The van der Waals surface area contributed by atoms with Crippen LogP contribution in [-0.2, 0) is 10.0 Å². The highest BCUT2D eigenvalue weighted by Crippen LogP contribution is 2.29. The molecule has 0 aliphatic carbocycles. The highest BCUT2D eigenvalue weighted by atomic mass is 32.2. The van der Waals surface area contributed by atoms with E-state index in [4.69, 9.17) is 5.26 Å². The lowest BCUT2D eigenvalue weighted by Gasteiger charge is -2.07. The number of anilines is 1. The van der Waals surface area contributed by atoms with E-state index in [-0.39, 0.29) is 5.69 Å². The Morgan fingerprint density at radius 3 is 2.83 bits per heavy atom. The molecule has 10 heteroatoms. The minimum absolute atomic E-state index is 0.204. The first-order chi connectivity index (χ1) is 10.9. The number of aromatic nitrogens is 2. The summed E-state index contributed by atoms with van der Waals surface area (Å²) in [6.45, 7) is 0. The third kappa shape index (κ3) is 2.76. The van der Waals surface area contributed by atoms with Crippen LogP contribution in [0.4, 0.5) is 14.5 Å². The molecule has 3 rings (SSSR count). The number of sulfonamides is 1. The molecule has 1 aromatic carbocycles. The Labute approximate surface area is 133 Å². The summed E-state index contributed by atoms with van der Waals surface area (Å²) in [4.78, 5) is 6.25. The van der Waals surface area contributed by atoms with E-state index >= 15 is 0 Å². The van der Waals surface area contributed by atoms with Gasteiger partial charge in [-0.05, 0) is 6.07 Å². The summed E-state index contributed by atoms with van der Waals surface area (Å²) >= 11 is 0.575. The number of nitrogens with one attached hydrogen (secondary N) is 2. The number of halogens is 2. The molecular formula is C13H8F2N4O2S2. The number of H-pyrrole nitrogens is 1. The van der Waals surface area contributed by atoms with Crippen LogP contribution in [0.3, 0.4) is 0 Å². The third-order valence-corrected chi connectivity index (χ3v) is 5.29. The number of alkyl halides is 2. The Kier molecular flexibility index (Phi) is 3.75. The molecule has 0 bridgehead atoms. The number of nitriles is 1. The summed E-state index contributed by atoms with van der Waals surface area (Å²) in [6, 6.07) is 6.73. The molecular weight excluding hydrogens is 346 g/mol. The van der Waals surface area contributed by atoms with Crippen LogP contribution in [-0.4, -0.2) is 18.4 Å². The first-order valence-electron chi connectivity index (χ1n) is 6.19. The zero-order chi connectivity index (χ0) is 16.6. The smallest absolute Gasteiger partial charge is 0.289 e. The largest absolute Gasteiger partial charge is 0.358 e. The average molecular weight is 354 g/mol. The van der Waals surface area contributed by atoms with Gasteiger partial charge < -0.3 is 4.98 Å².